The Morgan fingerprint density at radius 3 is 2.30 bits per heavy atom. The molecule has 1 N–H and O–H groups in total. The van der Waals surface area contributed by atoms with Crippen LogP contribution >= 0.6 is 0 Å². The topological polar surface area (TPSA) is 66.0 Å². The largest absolute Gasteiger partial charge is 0.497 e. The third-order valence-corrected chi connectivity index (χ3v) is 4.26. The molecular weight excluding hydrogens is 346 g/mol. The van der Waals surface area contributed by atoms with E-state index in [0.717, 1.165) is 12.0 Å². The maximum absolute atomic E-state index is 12.6. The molecule has 0 aromatic heterocycles. The van der Waals surface area contributed by atoms with E-state index in [1.165, 1.54) is 0 Å². The lowest BCUT2D eigenvalue weighted by Gasteiger charge is -2.22. The van der Waals surface area contributed by atoms with Gasteiger partial charge in [-0.05, 0) is 43.2 Å². The van der Waals surface area contributed by atoms with Gasteiger partial charge in [0.2, 0.25) is 0 Å². The van der Waals surface area contributed by atoms with Crippen molar-refractivity contribution in [2.75, 3.05) is 21.3 Å². The van der Waals surface area contributed by atoms with Crippen LogP contribution in [0.15, 0.2) is 42.5 Å². The molecule has 0 aliphatic heterocycles. The molecule has 2 aromatic carbocycles. The molecule has 27 heavy (non-hydrogen) atoms. The number of methoxy groups -OCH3 is 3. The molecule has 2 rings (SSSR count). The summed E-state index contributed by atoms with van der Waals surface area (Å²) in [5.41, 5.74) is 0.942. The van der Waals surface area contributed by atoms with Crippen molar-refractivity contribution in [3.8, 4) is 23.0 Å². The Balaban J connectivity index is 2.07. The van der Waals surface area contributed by atoms with E-state index in [9.17, 15) is 4.79 Å². The van der Waals surface area contributed by atoms with Crippen LogP contribution in [-0.2, 0) is 4.79 Å². The Kier molecular flexibility index (Phi) is 7.34. The molecule has 6 heteroatoms. The van der Waals surface area contributed by atoms with Crippen molar-refractivity contribution in [2.45, 2.75) is 32.4 Å². The standard InChI is InChI=1S/C21H27NO5/c1-6-18(15-10-11-19(25-4)20(12-15)26-5)22-21(23)14(2)27-17-9-7-8-16(13-17)24-3/h7-14,18H,6H2,1-5H3,(H,22,23). The number of carbonyl (C=O) groups excluding carboxylic acids is 1. The number of hydrogen-bond donors (Lipinski definition) is 1. The van der Waals surface area contributed by atoms with Crippen molar-refractivity contribution in [3.05, 3.63) is 48.0 Å². The van der Waals surface area contributed by atoms with Crippen LogP contribution in [-0.4, -0.2) is 33.3 Å². The van der Waals surface area contributed by atoms with E-state index in [2.05, 4.69) is 5.32 Å². The van der Waals surface area contributed by atoms with Gasteiger partial charge in [0.25, 0.3) is 5.91 Å². The quantitative estimate of drug-likeness (QED) is 0.725. The second-order valence-corrected chi connectivity index (χ2v) is 6.02. The van der Waals surface area contributed by atoms with Gasteiger partial charge in [0.1, 0.15) is 11.5 Å². The van der Waals surface area contributed by atoms with Crippen molar-refractivity contribution in [1.29, 1.82) is 0 Å². The van der Waals surface area contributed by atoms with Crippen LogP contribution in [0.4, 0.5) is 0 Å². The first-order valence-electron chi connectivity index (χ1n) is 8.85. The van der Waals surface area contributed by atoms with Crippen LogP contribution in [0.5, 0.6) is 23.0 Å². The van der Waals surface area contributed by atoms with Gasteiger partial charge >= 0.3 is 0 Å². The summed E-state index contributed by atoms with van der Waals surface area (Å²) in [5.74, 6) is 2.34. The second kappa shape index (κ2) is 9.71. The van der Waals surface area contributed by atoms with Crippen molar-refractivity contribution in [3.63, 3.8) is 0 Å². The fraction of sp³-hybridized carbons (Fsp3) is 0.381. The SMILES string of the molecule is CCC(NC(=O)C(C)Oc1cccc(OC)c1)c1ccc(OC)c(OC)c1. The first kappa shape index (κ1) is 20.4. The number of ether oxygens (including phenoxy) is 4. The van der Waals surface area contributed by atoms with E-state index in [1.54, 1.807) is 40.4 Å². The fourth-order valence-corrected chi connectivity index (χ4v) is 2.71. The molecule has 2 aromatic rings. The smallest absolute Gasteiger partial charge is 0.261 e. The lowest BCUT2D eigenvalue weighted by atomic mass is 10.0. The fourth-order valence-electron chi connectivity index (χ4n) is 2.71. The lowest BCUT2D eigenvalue weighted by Crippen LogP contribution is -2.38. The number of amides is 1. The number of hydrogen-bond acceptors (Lipinski definition) is 5. The molecule has 0 fully saturated rings. The molecule has 0 spiro atoms. The summed E-state index contributed by atoms with van der Waals surface area (Å²) in [5, 5.41) is 3.03. The van der Waals surface area contributed by atoms with E-state index >= 15 is 0 Å². The zero-order valence-corrected chi connectivity index (χ0v) is 16.4. The van der Waals surface area contributed by atoms with Gasteiger partial charge in [0.15, 0.2) is 17.6 Å². The highest BCUT2D eigenvalue weighted by molar-refractivity contribution is 5.81. The van der Waals surface area contributed by atoms with Gasteiger partial charge in [0, 0.05) is 6.07 Å². The molecule has 0 saturated carbocycles. The van der Waals surface area contributed by atoms with Gasteiger partial charge < -0.3 is 24.3 Å². The average Bonchev–Trinajstić information content (AvgIpc) is 2.71. The van der Waals surface area contributed by atoms with E-state index in [-0.39, 0.29) is 11.9 Å². The van der Waals surface area contributed by atoms with E-state index in [4.69, 9.17) is 18.9 Å². The van der Waals surface area contributed by atoms with Gasteiger partial charge in [-0.15, -0.1) is 0 Å². The highest BCUT2D eigenvalue weighted by atomic mass is 16.5. The Bertz CT molecular complexity index is 762. The third-order valence-electron chi connectivity index (χ3n) is 4.26. The van der Waals surface area contributed by atoms with E-state index < -0.39 is 6.10 Å². The van der Waals surface area contributed by atoms with Crippen LogP contribution < -0.4 is 24.3 Å². The Labute approximate surface area is 160 Å². The third kappa shape index (κ3) is 5.29. The molecule has 0 aliphatic carbocycles. The van der Waals surface area contributed by atoms with Gasteiger partial charge in [-0.25, -0.2) is 0 Å². The highest BCUT2D eigenvalue weighted by Gasteiger charge is 2.20. The van der Waals surface area contributed by atoms with Crippen LogP contribution in [0.3, 0.4) is 0 Å². The van der Waals surface area contributed by atoms with Crippen LogP contribution in [0.1, 0.15) is 31.9 Å². The first-order valence-corrected chi connectivity index (χ1v) is 8.85. The molecule has 2 unspecified atom stereocenters. The van der Waals surface area contributed by atoms with Crippen LogP contribution in [0, 0.1) is 0 Å². The summed E-state index contributed by atoms with van der Waals surface area (Å²) in [6, 6.07) is 12.6. The van der Waals surface area contributed by atoms with Crippen molar-refractivity contribution < 1.29 is 23.7 Å². The monoisotopic (exact) mass is 373 g/mol. The molecule has 0 radical (unpaired) electrons. The minimum absolute atomic E-state index is 0.159. The number of benzene rings is 2. The summed E-state index contributed by atoms with van der Waals surface area (Å²) in [4.78, 5) is 12.6. The summed E-state index contributed by atoms with van der Waals surface area (Å²) >= 11 is 0. The van der Waals surface area contributed by atoms with Crippen LogP contribution in [0.2, 0.25) is 0 Å². The summed E-state index contributed by atoms with van der Waals surface area (Å²) in [6.45, 7) is 3.73. The Hall–Kier alpha value is -2.89. The molecule has 146 valence electrons. The Morgan fingerprint density at radius 2 is 1.67 bits per heavy atom. The molecule has 0 aliphatic rings. The summed E-state index contributed by atoms with van der Waals surface area (Å²) in [6.07, 6.45) is 0.0823. The normalized spacial score (nSPS) is 12.6. The molecule has 0 heterocycles. The minimum atomic E-state index is -0.647. The van der Waals surface area contributed by atoms with E-state index in [0.29, 0.717) is 23.0 Å². The first-order chi connectivity index (χ1) is 13.0. The molecule has 2 atom stereocenters. The predicted octanol–water partition coefficient (Wildman–Crippen LogP) is 3.75. The van der Waals surface area contributed by atoms with E-state index in [1.807, 2.05) is 37.3 Å². The van der Waals surface area contributed by atoms with Gasteiger partial charge in [-0.2, -0.15) is 0 Å². The molecular formula is C21H27NO5. The number of rotatable bonds is 9. The minimum Gasteiger partial charge on any atom is -0.497 e. The van der Waals surface area contributed by atoms with Gasteiger partial charge in [-0.3, -0.25) is 4.79 Å². The maximum Gasteiger partial charge on any atom is 0.261 e. The van der Waals surface area contributed by atoms with Gasteiger partial charge in [0.05, 0.1) is 27.4 Å². The zero-order valence-electron chi connectivity index (χ0n) is 16.4. The zero-order chi connectivity index (χ0) is 19.8. The van der Waals surface area contributed by atoms with Gasteiger partial charge in [-0.1, -0.05) is 19.1 Å². The highest BCUT2D eigenvalue weighted by Crippen LogP contribution is 2.31. The molecule has 0 bridgehead atoms. The predicted molar refractivity (Wildman–Crippen MR) is 104 cm³/mol. The number of nitrogens with one attached hydrogen (secondary N) is 1. The van der Waals surface area contributed by atoms with Crippen molar-refractivity contribution in [2.24, 2.45) is 0 Å². The summed E-state index contributed by atoms with van der Waals surface area (Å²) < 4.78 is 21.5. The molecule has 6 nitrogen and oxygen atoms in total. The molecule has 1 amide bonds. The lowest BCUT2D eigenvalue weighted by molar-refractivity contribution is -0.128. The maximum atomic E-state index is 12.6. The van der Waals surface area contributed by atoms with Crippen molar-refractivity contribution >= 4 is 5.91 Å². The molecule has 0 saturated heterocycles. The van der Waals surface area contributed by atoms with Crippen LogP contribution in [0.25, 0.3) is 0 Å². The number of carbonyl (C=O) groups is 1. The second-order valence-electron chi connectivity index (χ2n) is 6.02. The Morgan fingerprint density at radius 1 is 0.963 bits per heavy atom. The summed E-state index contributed by atoms with van der Waals surface area (Å²) in [7, 11) is 4.77. The average molecular weight is 373 g/mol. The van der Waals surface area contributed by atoms with Crippen molar-refractivity contribution in [1.82, 2.24) is 5.32 Å².